The SMILES string of the molecule is CC.[B]N1CCc2c(c3cccc4c3n2CC(=O)N4C)C1. The summed E-state index contributed by atoms with van der Waals surface area (Å²) in [5, 5.41) is 1.24. The molecule has 2 aromatic rings. The van der Waals surface area contributed by atoms with Crippen LogP contribution < -0.4 is 4.90 Å². The summed E-state index contributed by atoms with van der Waals surface area (Å²) < 4.78 is 2.19. The standard InChI is InChI=1S/C14H14BN3O.C2H6/c1-16-12-4-2-3-9-10-7-17(15)6-5-11(10)18(14(9)12)8-13(16)19;1-2/h2-4H,5-8H2,1H3;1-2H3. The van der Waals surface area contributed by atoms with Crippen LogP contribution in [-0.4, -0.2) is 36.9 Å². The van der Waals surface area contributed by atoms with Crippen LogP contribution >= 0.6 is 0 Å². The van der Waals surface area contributed by atoms with Crippen LogP contribution in [0.4, 0.5) is 5.69 Å². The summed E-state index contributed by atoms with van der Waals surface area (Å²) in [5.41, 5.74) is 4.76. The van der Waals surface area contributed by atoms with Crippen LogP contribution in [0.5, 0.6) is 0 Å². The highest BCUT2D eigenvalue weighted by atomic mass is 16.2. The van der Waals surface area contributed by atoms with E-state index < -0.39 is 0 Å². The Morgan fingerprint density at radius 2 is 1.95 bits per heavy atom. The van der Waals surface area contributed by atoms with E-state index in [1.54, 1.807) is 4.90 Å². The van der Waals surface area contributed by atoms with E-state index in [9.17, 15) is 4.79 Å². The number of para-hydroxylation sites is 1. The number of nitrogens with zero attached hydrogens (tertiary/aromatic N) is 3. The largest absolute Gasteiger partial charge is 0.349 e. The van der Waals surface area contributed by atoms with Gasteiger partial charge >= 0.3 is 0 Å². The van der Waals surface area contributed by atoms with Gasteiger partial charge < -0.3 is 14.3 Å². The molecule has 5 heteroatoms. The predicted octanol–water partition coefficient (Wildman–Crippen LogP) is 2.09. The van der Waals surface area contributed by atoms with E-state index in [4.69, 9.17) is 7.98 Å². The molecule has 0 fully saturated rings. The molecule has 2 radical (unpaired) electrons. The van der Waals surface area contributed by atoms with E-state index in [0.717, 1.165) is 25.2 Å². The predicted molar refractivity (Wildman–Crippen MR) is 86.6 cm³/mol. The van der Waals surface area contributed by atoms with Crippen LogP contribution in [-0.2, 0) is 24.3 Å². The van der Waals surface area contributed by atoms with Crippen molar-refractivity contribution in [3.05, 3.63) is 29.5 Å². The first kappa shape index (κ1) is 14.2. The fourth-order valence-electron chi connectivity index (χ4n) is 3.33. The zero-order valence-corrected chi connectivity index (χ0v) is 12.9. The molecule has 0 spiro atoms. The van der Waals surface area contributed by atoms with Gasteiger partial charge in [0.25, 0.3) is 0 Å². The van der Waals surface area contributed by atoms with Crippen molar-refractivity contribution < 1.29 is 4.79 Å². The number of anilines is 1. The number of carbonyl (C=O) groups is 1. The molecule has 21 heavy (non-hydrogen) atoms. The number of hydrogen-bond acceptors (Lipinski definition) is 2. The third-order valence-electron chi connectivity index (χ3n) is 4.31. The normalized spacial score (nSPS) is 17.5. The lowest BCUT2D eigenvalue weighted by atomic mass is 10.0. The molecule has 108 valence electrons. The minimum Gasteiger partial charge on any atom is -0.349 e. The lowest BCUT2D eigenvalue weighted by molar-refractivity contribution is -0.119. The molecule has 1 amide bonds. The summed E-state index contributed by atoms with van der Waals surface area (Å²) >= 11 is 0. The van der Waals surface area contributed by atoms with Gasteiger partial charge in [-0.25, -0.2) is 0 Å². The minimum atomic E-state index is 0.147. The molecule has 2 aliphatic heterocycles. The van der Waals surface area contributed by atoms with Gasteiger partial charge in [0.2, 0.25) is 5.91 Å². The number of amides is 1. The first-order valence-electron chi connectivity index (χ1n) is 7.56. The van der Waals surface area contributed by atoms with Crippen molar-refractivity contribution in [2.24, 2.45) is 0 Å². The van der Waals surface area contributed by atoms with E-state index in [0.29, 0.717) is 6.54 Å². The zero-order chi connectivity index (χ0) is 15.1. The number of aromatic nitrogens is 1. The first-order valence-corrected chi connectivity index (χ1v) is 7.56. The molecule has 2 aliphatic rings. The fraction of sp³-hybridized carbons (Fsp3) is 0.438. The Labute approximate surface area is 126 Å². The fourth-order valence-corrected chi connectivity index (χ4v) is 3.33. The average Bonchev–Trinajstić information content (AvgIpc) is 2.81. The van der Waals surface area contributed by atoms with Gasteiger partial charge in [-0.05, 0) is 24.6 Å². The van der Waals surface area contributed by atoms with Crippen LogP contribution in [0, 0.1) is 0 Å². The molecule has 3 heterocycles. The maximum absolute atomic E-state index is 12.1. The van der Waals surface area contributed by atoms with E-state index in [1.807, 2.05) is 37.8 Å². The molecule has 0 N–H and O–H groups in total. The van der Waals surface area contributed by atoms with Gasteiger partial charge in [0.05, 0.1) is 11.2 Å². The Morgan fingerprint density at radius 3 is 2.71 bits per heavy atom. The average molecular weight is 281 g/mol. The monoisotopic (exact) mass is 281 g/mol. The van der Waals surface area contributed by atoms with Crippen LogP contribution in [0.3, 0.4) is 0 Å². The molecule has 0 saturated carbocycles. The van der Waals surface area contributed by atoms with Gasteiger partial charge in [-0.3, -0.25) is 4.79 Å². The van der Waals surface area contributed by atoms with Gasteiger partial charge in [0, 0.05) is 24.7 Å². The molecule has 1 aromatic carbocycles. The molecule has 0 saturated heterocycles. The lowest BCUT2D eigenvalue weighted by Gasteiger charge is -2.27. The van der Waals surface area contributed by atoms with E-state index >= 15 is 0 Å². The van der Waals surface area contributed by atoms with Crippen molar-refractivity contribution in [1.29, 1.82) is 0 Å². The Balaban J connectivity index is 0.000000636. The number of hydrogen-bond donors (Lipinski definition) is 0. The van der Waals surface area contributed by atoms with Crippen LogP contribution in [0.2, 0.25) is 0 Å². The van der Waals surface area contributed by atoms with Gasteiger partial charge in [-0.1, -0.05) is 26.0 Å². The Morgan fingerprint density at radius 1 is 1.19 bits per heavy atom. The summed E-state index contributed by atoms with van der Waals surface area (Å²) in [7, 11) is 7.80. The van der Waals surface area contributed by atoms with Gasteiger partial charge in [-0.2, -0.15) is 0 Å². The van der Waals surface area contributed by atoms with E-state index in [1.165, 1.54) is 22.2 Å². The van der Waals surface area contributed by atoms with Crippen LogP contribution in [0.25, 0.3) is 10.9 Å². The van der Waals surface area contributed by atoms with Crippen LogP contribution in [0.1, 0.15) is 25.1 Å². The van der Waals surface area contributed by atoms with Crippen LogP contribution in [0.15, 0.2) is 18.2 Å². The summed E-state index contributed by atoms with van der Waals surface area (Å²) in [5.74, 6) is 0.147. The third-order valence-corrected chi connectivity index (χ3v) is 4.31. The molecule has 4 nitrogen and oxygen atoms in total. The Bertz CT molecular complexity index is 707. The number of benzene rings is 1. The molecule has 0 aliphatic carbocycles. The van der Waals surface area contributed by atoms with Gasteiger partial charge in [0.1, 0.15) is 6.54 Å². The quantitative estimate of drug-likeness (QED) is 0.692. The Hall–Kier alpha value is -1.75. The second kappa shape index (κ2) is 5.22. The molecule has 0 unspecified atom stereocenters. The molecule has 4 rings (SSSR count). The third kappa shape index (κ3) is 1.99. The molecular weight excluding hydrogens is 261 g/mol. The first-order chi connectivity index (χ1) is 10.2. The highest BCUT2D eigenvalue weighted by molar-refractivity contribution is 6.08. The minimum absolute atomic E-state index is 0.147. The van der Waals surface area contributed by atoms with Gasteiger partial charge in [0.15, 0.2) is 7.98 Å². The van der Waals surface area contributed by atoms with Crippen molar-refractivity contribution >= 4 is 30.5 Å². The molecular formula is C16H20BN3O. The number of rotatable bonds is 0. The topological polar surface area (TPSA) is 28.5 Å². The molecule has 1 aromatic heterocycles. The highest BCUT2D eigenvalue weighted by Gasteiger charge is 2.29. The second-order valence-electron chi connectivity index (χ2n) is 5.36. The zero-order valence-electron chi connectivity index (χ0n) is 12.9. The summed E-state index contributed by atoms with van der Waals surface area (Å²) in [6.07, 6.45) is 0.914. The van der Waals surface area contributed by atoms with E-state index in [2.05, 4.69) is 10.6 Å². The van der Waals surface area contributed by atoms with Crippen molar-refractivity contribution in [3.8, 4) is 0 Å². The summed E-state index contributed by atoms with van der Waals surface area (Å²) in [6, 6.07) is 6.17. The maximum Gasteiger partial charge on any atom is 0.246 e. The number of fused-ring (bicyclic) bond motifs is 3. The van der Waals surface area contributed by atoms with Gasteiger partial charge in [-0.15, -0.1) is 0 Å². The molecule has 0 atom stereocenters. The number of likely N-dealkylation sites (N-methyl/N-ethyl adjacent to an activating group) is 1. The van der Waals surface area contributed by atoms with Crippen molar-refractivity contribution in [2.75, 3.05) is 18.5 Å². The van der Waals surface area contributed by atoms with Crippen molar-refractivity contribution in [3.63, 3.8) is 0 Å². The number of carbonyl (C=O) groups excluding carboxylic acids is 1. The second-order valence-corrected chi connectivity index (χ2v) is 5.36. The van der Waals surface area contributed by atoms with E-state index in [-0.39, 0.29) is 5.91 Å². The smallest absolute Gasteiger partial charge is 0.246 e. The summed E-state index contributed by atoms with van der Waals surface area (Å²) in [6.45, 7) is 6.06. The highest BCUT2D eigenvalue weighted by Crippen LogP contribution is 2.38. The summed E-state index contributed by atoms with van der Waals surface area (Å²) in [4.78, 5) is 15.7. The van der Waals surface area contributed by atoms with Crippen molar-refractivity contribution in [2.45, 2.75) is 33.4 Å². The van der Waals surface area contributed by atoms with Crippen molar-refractivity contribution in [1.82, 2.24) is 9.38 Å². The molecule has 0 bridgehead atoms. The maximum atomic E-state index is 12.1. The lowest BCUT2D eigenvalue weighted by Crippen LogP contribution is -2.35. The Kier molecular flexibility index (Phi) is 3.53.